The van der Waals surface area contributed by atoms with E-state index in [-0.39, 0.29) is 0 Å². The van der Waals surface area contributed by atoms with Crippen molar-refractivity contribution in [1.82, 2.24) is 15.0 Å². The maximum absolute atomic E-state index is 6.53. The van der Waals surface area contributed by atoms with Gasteiger partial charge >= 0.3 is 0 Å². The second-order valence-electron chi connectivity index (χ2n) is 6.11. The monoisotopic (exact) mass is 430 g/mol. The van der Waals surface area contributed by atoms with Crippen molar-refractivity contribution >= 4 is 50.6 Å². The second-order valence-corrected chi connectivity index (χ2v) is 8.10. The molecule has 0 saturated carbocycles. The Morgan fingerprint density at radius 1 is 1.18 bits per heavy atom. The summed E-state index contributed by atoms with van der Waals surface area (Å²) in [6.07, 6.45) is 3.47. The Morgan fingerprint density at radius 2 is 2.04 bits per heavy atom. The molecule has 0 amide bonds. The molecule has 1 aromatic carbocycles. The number of fused-ring (bicyclic) bond motifs is 1. The van der Waals surface area contributed by atoms with E-state index in [1.165, 1.54) is 0 Å². The van der Waals surface area contributed by atoms with Crippen LogP contribution < -0.4 is 10.1 Å². The topological polar surface area (TPSA) is 59.9 Å². The molecule has 142 valence electrons. The third kappa shape index (κ3) is 3.63. The average Bonchev–Trinajstić information content (AvgIpc) is 3.00. The quantitative estimate of drug-likeness (QED) is 0.421. The predicted octanol–water partition coefficient (Wildman–Crippen LogP) is 5.99. The third-order valence-electron chi connectivity index (χ3n) is 4.25. The van der Waals surface area contributed by atoms with Crippen LogP contribution in [0.3, 0.4) is 0 Å². The number of ether oxygens (including phenoxy) is 1. The summed E-state index contributed by atoms with van der Waals surface area (Å²) < 4.78 is 5.21. The lowest BCUT2D eigenvalue weighted by molar-refractivity contribution is 0.415. The molecule has 0 radical (unpaired) electrons. The van der Waals surface area contributed by atoms with Crippen LogP contribution in [-0.4, -0.2) is 22.1 Å². The molecule has 3 aromatic heterocycles. The maximum Gasteiger partial charge on any atom is 0.164 e. The fourth-order valence-corrected chi connectivity index (χ4v) is 4.38. The summed E-state index contributed by atoms with van der Waals surface area (Å²) in [7, 11) is 1.59. The van der Waals surface area contributed by atoms with Crippen molar-refractivity contribution in [1.29, 1.82) is 0 Å². The van der Waals surface area contributed by atoms with Crippen molar-refractivity contribution in [3.8, 4) is 17.1 Å². The van der Waals surface area contributed by atoms with Crippen LogP contribution in [0.5, 0.6) is 5.75 Å². The van der Waals surface area contributed by atoms with Crippen molar-refractivity contribution in [2.45, 2.75) is 13.5 Å². The number of halogens is 2. The lowest BCUT2D eigenvalue weighted by Crippen LogP contribution is -2.04. The number of pyridine rings is 1. The minimum absolute atomic E-state index is 0.535. The molecule has 0 aliphatic rings. The van der Waals surface area contributed by atoms with Gasteiger partial charge in [0.25, 0.3) is 0 Å². The highest BCUT2D eigenvalue weighted by atomic mass is 35.5. The molecule has 3 heterocycles. The van der Waals surface area contributed by atoms with Crippen LogP contribution >= 0.6 is 34.5 Å². The molecule has 5 nitrogen and oxygen atoms in total. The summed E-state index contributed by atoms with van der Waals surface area (Å²) in [5.74, 6) is 1.93. The molecule has 1 N–H and O–H groups in total. The van der Waals surface area contributed by atoms with E-state index in [9.17, 15) is 0 Å². The Labute approximate surface area is 176 Å². The normalized spacial score (nSPS) is 11.0. The number of nitrogens with one attached hydrogen (secondary N) is 1. The van der Waals surface area contributed by atoms with E-state index in [1.54, 1.807) is 30.8 Å². The minimum atomic E-state index is 0.535. The number of aromatic nitrogens is 3. The first-order valence-electron chi connectivity index (χ1n) is 8.50. The molecule has 8 heteroatoms. The minimum Gasteiger partial charge on any atom is -0.495 e. The molecule has 0 unspecified atom stereocenters. The van der Waals surface area contributed by atoms with Crippen LogP contribution in [0, 0.1) is 6.92 Å². The van der Waals surface area contributed by atoms with E-state index < -0.39 is 0 Å². The van der Waals surface area contributed by atoms with Crippen LogP contribution in [0.1, 0.15) is 10.4 Å². The molecule has 0 saturated heterocycles. The van der Waals surface area contributed by atoms with E-state index in [2.05, 4.69) is 15.3 Å². The van der Waals surface area contributed by atoms with Gasteiger partial charge in [-0.25, -0.2) is 9.97 Å². The fourth-order valence-electron chi connectivity index (χ4n) is 2.84. The van der Waals surface area contributed by atoms with E-state index in [4.69, 9.17) is 32.9 Å². The maximum atomic E-state index is 6.53. The molecule has 0 fully saturated rings. The summed E-state index contributed by atoms with van der Waals surface area (Å²) in [6.45, 7) is 2.51. The zero-order chi connectivity index (χ0) is 19.7. The van der Waals surface area contributed by atoms with Gasteiger partial charge in [-0.1, -0.05) is 29.3 Å². The summed E-state index contributed by atoms with van der Waals surface area (Å²) in [4.78, 5) is 15.4. The predicted molar refractivity (Wildman–Crippen MR) is 116 cm³/mol. The molecular weight excluding hydrogens is 415 g/mol. The van der Waals surface area contributed by atoms with Gasteiger partial charge in [0, 0.05) is 29.4 Å². The number of anilines is 1. The van der Waals surface area contributed by atoms with Crippen molar-refractivity contribution in [2.24, 2.45) is 0 Å². The lowest BCUT2D eigenvalue weighted by Gasteiger charge is -2.11. The largest absolute Gasteiger partial charge is 0.495 e. The first-order chi connectivity index (χ1) is 13.6. The van der Waals surface area contributed by atoms with Crippen molar-refractivity contribution in [3.05, 3.63) is 63.2 Å². The van der Waals surface area contributed by atoms with Crippen LogP contribution in [-0.2, 0) is 6.54 Å². The number of rotatable bonds is 5. The number of nitrogens with zero attached hydrogens (tertiary/aromatic N) is 3. The number of methoxy groups -OCH3 is 1. The first-order valence-corrected chi connectivity index (χ1v) is 10.1. The zero-order valence-corrected chi connectivity index (χ0v) is 17.5. The highest BCUT2D eigenvalue weighted by molar-refractivity contribution is 7.19. The zero-order valence-electron chi connectivity index (χ0n) is 15.2. The molecule has 4 aromatic rings. The second kappa shape index (κ2) is 7.91. The van der Waals surface area contributed by atoms with Crippen LogP contribution in [0.2, 0.25) is 10.0 Å². The summed E-state index contributed by atoms with van der Waals surface area (Å²) in [5.41, 5.74) is 1.85. The van der Waals surface area contributed by atoms with E-state index in [0.29, 0.717) is 34.0 Å². The standard InChI is InChI=1S/C20H16Cl2N4OS/c1-11-17(22)16-19(24-9-12-5-6-15(27-2)14(21)8-12)25-18(26-20(16)28-11)13-4-3-7-23-10-13/h3-8,10H,9H2,1-2H3,(H,24,25,26). The van der Waals surface area contributed by atoms with Gasteiger partial charge in [0.05, 0.1) is 22.5 Å². The number of thiophene rings is 1. The number of benzene rings is 1. The third-order valence-corrected chi connectivity index (χ3v) is 6.13. The van der Waals surface area contributed by atoms with Crippen LogP contribution in [0.15, 0.2) is 42.7 Å². The Hall–Kier alpha value is -2.41. The average molecular weight is 431 g/mol. The van der Waals surface area contributed by atoms with Crippen molar-refractivity contribution < 1.29 is 4.74 Å². The SMILES string of the molecule is COc1ccc(CNc2nc(-c3cccnc3)nc3sc(C)c(Cl)c23)cc1Cl. The van der Waals surface area contributed by atoms with Gasteiger partial charge in [-0.2, -0.15) is 0 Å². The van der Waals surface area contributed by atoms with Gasteiger partial charge in [-0.05, 0) is 36.8 Å². The van der Waals surface area contributed by atoms with Gasteiger partial charge < -0.3 is 10.1 Å². The van der Waals surface area contributed by atoms with Gasteiger partial charge in [0.1, 0.15) is 16.4 Å². The lowest BCUT2D eigenvalue weighted by atomic mass is 10.2. The van der Waals surface area contributed by atoms with E-state index >= 15 is 0 Å². The van der Waals surface area contributed by atoms with Crippen molar-refractivity contribution in [3.63, 3.8) is 0 Å². The fraction of sp³-hybridized carbons (Fsp3) is 0.150. The van der Waals surface area contributed by atoms with Crippen LogP contribution in [0.25, 0.3) is 21.6 Å². The smallest absolute Gasteiger partial charge is 0.164 e. The summed E-state index contributed by atoms with van der Waals surface area (Å²) in [6, 6.07) is 9.47. The Bertz CT molecular complexity index is 1150. The van der Waals surface area contributed by atoms with Crippen LogP contribution in [0.4, 0.5) is 5.82 Å². The molecule has 0 bridgehead atoms. The van der Waals surface area contributed by atoms with Gasteiger partial charge in [0.2, 0.25) is 0 Å². The molecule has 4 rings (SSSR count). The first kappa shape index (κ1) is 18.9. The van der Waals surface area contributed by atoms with Gasteiger partial charge in [0.15, 0.2) is 5.82 Å². The Balaban J connectivity index is 1.73. The van der Waals surface area contributed by atoms with E-state index in [0.717, 1.165) is 26.2 Å². The highest BCUT2D eigenvalue weighted by Crippen LogP contribution is 2.38. The van der Waals surface area contributed by atoms with E-state index in [1.807, 2.05) is 37.3 Å². The summed E-state index contributed by atoms with van der Waals surface area (Å²) in [5, 5.41) is 5.45. The number of aryl methyl sites for hydroxylation is 1. The highest BCUT2D eigenvalue weighted by Gasteiger charge is 2.17. The Kier molecular flexibility index (Phi) is 5.35. The Morgan fingerprint density at radius 3 is 2.75 bits per heavy atom. The molecule has 0 atom stereocenters. The number of hydrogen-bond acceptors (Lipinski definition) is 6. The molecule has 0 aliphatic carbocycles. The van der Waals surface area contributed by atoms with Gasteiger partial charge in [-0.3, -0.25) is 4.98 Å². The molecule has 28 heavy (non-hydrogen) atoms. The molecule has 0 spiro atoms. The van der Waals surface area contributed by atoms with Gasteiger partial charge in [-0.15, -0.1) is 11.3 Å². The number of hydrogen-bond donors (Lipinski definition) is 1. The summed E-state index contributed by atoms with van der Waals surface area (Å²) >= 11 is 14.3. The molecular formula is C20H16Cl2N4OS. The molecule has 0 aliphatic heterocycles. The van der Waals surface area contributed by atoms with Crippen molar-refractivity contribution in [2.75, 3.05) is 12.4 Å².